The number of hydrogen-bond donors (Lipinski definition) is 0. The van der Waals surface area contributed by atoms with Crippen molar-refractivity contribution in [1.29, 1.82) is 0 Å². The first-order valence-electron chi connectivity index (χ1n) is 7.17. The molecule has 0 amide bonds. The average Bonchev–Trinajstić information content (AvgIpc) is 2.50. The molecule has 1 aromatic carbocycles. The predicted octanol–water partition coefficient (Wildman–Crippen LogP) is 3.41. The molecule has 21 heavy (non-hydrogen) atoms. The van der Waals surface area contributed by atoms with E-state index in [1.54, 1.807) is 19.9 Å². The fourth-order valence-corrected chi connectivity index (χ4v) is 1.72. The van der Waals surface area contributed by atoms with E-state index in [1.165, 1.54) is 0 Å². The minimum Gasteiger partial charge on any atom is -0.466 e. The minimum absolute atomic E-state index is 0.199. The summed E-state index contributed by atoms with van der Waals surface area (Å²) in [5, 5.41) is 0. The number of benzene rings is 1. The molecule has 0 aromatic heterocycles. The Bertz CT molecular complexity index is 477. The third kappa shape index (κ3) is 7.30. The van der Waals surface area contributed by atoms with Crippen LogP contribution >= 0.6 is 0 Å². The van der Waals surface area contributed by atoms with Crippen LogP contribution in [0.5, 0.6) is 0 Å². The molecule has 0 aliphatic rings. The number of rotatable bonds is 8. The Morgan fingerprint density at radius 1 is 1.14 bits per heavy atom. The van der Waals surface area contributed by atoms with Crippen LogP contribution < -0.4 is 0 Å². The molecule has 0 heterocycles. The molecule has 0 saturated heterocycles. The summed E-state index contributed by atoms with van der Waals surface area (Å²) < 4.78 is 10.0. The van der Waals surface area contributed by atoms with E-state index in [9.17, 15) is 9.59 Å². The van der Waals surface area contributed by atoms with Gasteiger partial charge in [-0.15, -0.1) is 0 Å². The number of carbonyl (C=O) groups is 2. The summed E-state index contributed by atoms with van der Waals surface area (Å²) in [4.78, 5) is 22.9. The second-order valence-electron chi connectivity index (χ2n) is 4.65. The summed E-state index contributed by atoms with van der Waals surface area (Å²) in [7, 11) is 0. The van der Waals surface area contributed by atoms with Gasteiger partial charge in [-0.1, -0.05) is 36.4 Å². The van der Waals surface area contributed by atoms with Crippen LogP contribution in [0.2, 0.25) is 0 Å². The zero-order chi connectivity index (χ0) is 15.5. The SMILES string of the molecule is CCOC(=O)CCCC=C(C)C(=O)OCc1ccccc1. The molecule has 1 rings (SSSR count). The number of carbonyl (C=O) groups excluding carboxylic acids is 2. The Morgan fingerprint density at radius 3 is 2.52 bits per heavy atom. The van der Waals surface area contributed by atoms with Crippen molar-refractivity contribution in [3.63, 3.8) is 0 Å². The van der Waals surface area contributed by atoms with Crippen LogP contribution in [-0.2, 0) is 25.7 Å². The van der Waals surface area contributed by atoms with Gasteiger partial charge in [-0.05, 0) is 32.3 Å². The van der Waals surface area contributed by atoms with Gasteiger partial charge in [0.05, 0.1) is 6.61 Å². The standard InChI is InChI=1S/C17H22O4/c1-3-20-16(18)12-8-7-9-14(2)17(19)21-13-15-10-5-4-6-11-15/h4-6,9-11H,3,7-8,12-13H2,1-2H3. The highest BCUT2D eigenvalue weighted by Gasteiger charge is 2.06. The third-order valence-electron chi connectivity index (χ3n) is 2.88. The van der Waals surface area contributed by atoms with Gasteiger partial charge in [-0.3, -0.25) is 4.79 Å². The van der Waals surface area contributed by atoms with Gasteiger partial charge < -0.3 is 9.47 Å². The quantitative estimate of drug-likeness (QED) is 0.418. The van der Waals surface area contributed by atoms with E-state index in [0.717, 1.165) is 5.56 Å². The first-order valence-corrected chi connectivity index (χ1v) is 7.17. The summed E-state index contributed by atoms with van der Waals surface area (Å²) in [6.45, 7) is 4.18. The highest BCUT2D eigenvalue weighted by molar-refractivity contribution is 5.87. The van der Waals surface area contributed by atoms with Gasteiger partial charge in [0.15, 0.2) is 0 Å². The highest BCUT2D eigenvalue weighted by Crippen LogP contribution is 2.07. The van der Waals surface area contributed by atoms with Crippen molar-refractivity contribution in [2.75, 3.05) is 6.61 Å². The van der Waals surface area contributed by atoms with Gasteiger partial charge in [0, 0.05) is 12.0 Å². The van der Waals surface area contributed by atoms with Gasteiger partial charge in [-0.2, -0.15) is 0 Å². The average molecular weight is 290 g/mol. The fourth-order valence-electron chi connectivity index (χ4n) is 1.72. The molecule has 4 heteroatoms. The second kappa shape index (κ2) is 9.75. The Hall–Kier alpha value is -2.10. The van der Waals surface area contributed by atoms with E-state index >= 15 is 0 Å². The van der Waals surface area contributed by atoms with Crippen LogP contribution in [0.15, 0.2) is 42.0 Å². The van der Waals surface area contributed by atoms with Crippen LogP contribution in [0.4, 0.5) is 0 Å². The monoisotopic (exact) mass is 290 g/mol. The smallest absolute Gasteiger partial charge is 0.333 e. The topological polar surface area (TPSA) is 52.6 Å². The van der Waals surface area contributed by atoms with Crippen molar-refractivity contribution >= 4 is 11.9 Å². The van der Waals surface area contributed by atoms with Gasteiger partial charge in [0.2, 0.25) is 0 Å². The van der Waals surface area contributed by atoms with Crippen LogP contribution in [-0.4, -0.2) is 18.5 Å². The molecule has 114 valence electrons. The van der Waals surface area contributed by atoms with Crippen LogP contribution in [0.3, 0.4) is 0 Å². The summed E-state index contributed by atoms with van der Waals surface area (Å²) in [6.07, 6.45) is 3.50. The summed E-state index contributed by atoms with van der Waals surface area (Å²) in [5.74, 6) is -0.523. The Labute approximate surface area is 125 Å². The first-order chi connectivity index (χ1) is 10.1. The van der Waals surface area contributed by atoms with Crippen LogP contribution in [0.25, 0.3) is 0 Å². The highest BCUT2D eigenvalue weighted by atomic mass is 16.5. The molecule has 0 atom stereocenters. The first kappa shape index (κ1) is 17.0. The molecule has 0 fully saturated rings. The molecule has 0 unspecified atom stereocenters. The Balaban J connectivity index is 2.26. The summed E-state index contributed by atoms with van der Waals surface area (Å²) in [6, 6.07) is 9.54. The van der Waals surface area contributed by atoms with E-state index in [2.05, 4.69) is 0 Å². The van der Waals surface area contributed by atoms with E-state index < -0.39 is 0 Å². The van der Waals surface area contributed by atoms with Crippen molar-refractivity contribution in [1.82, 2.24) is 0 Å². The van der Waals surface area contributed by atoms with Gasteiger partial charge in [0.1, 0.15) is 6.61 Å². The maximum atomic E-state index is 11.8. The number of unbranched alkanes of at least 4 members (excludes halogenated alkanes) is 1. The van der Waals surface area contributed by atoms with Crippen molar-refractivity contribution in [3.05, 3.63) is 47.5 Å². The largest absolute Gasteiger partial charge is 0.466 e. The molecule has 0 spiro atoms. The minimum atomic E-state index is -0.324. The Kier molecular flexibility index (Phi) is 7.87. The van der Waals surface area contributed by atoms with Gasteiger partial charge in [-0.25, -0.2) is 4.79 Å². The lowest BCUT2D eigenvalue weighted by Crippen LogP contribution is -2.06. The van der Waals surface area contributed by atoms with Crippen LogP contribution in [0, 0.1) is 0 Å². The van der Waals surface area contributed by atoms with Crippen molar-refractivity contribution < 1.29 is 19.1 Å². The molecule has 0 N–H and O–H groups in total. The molecule has 0 radical (unpaired) electrons. The summed E-state index contributed by atoms with van der Waals surface area (Å²) in [5.41, 5.74) is 1.52. The molecular formula is C17H22O4. The van der Waals surface area contributed by atoms with E-state index in [0.29, 0.717) is 31.4 Å². The molecule has 0 aliphatic heterocycles. The number of esters is 2. The fraction of sp³-hybridized carbons (Fsp3) is 0.412. The van der Waals surface area contributed by atoms with E-state index in [1.807, 2.05) is 30.3 Å². The molecule has 4 nitrogen and oxygen atoms in total. The molecule has 0 aliphatic carbocycles. The predicted molar refractivity (Wildman–Crippen MR) is 80.5 cm³/mol. The molecular weight excluding hydrogens is 268 g/mol. The van der Waals surface area contributed by atoms with E-state index in [4.69, 9.17) is 9.47 Å². The van der Waals surface area contributed by atoms with Crippen molar-refractivity contribution in [3.8, 4) is 0 Å². The van der Waals surface area contributed by atoms with Gasteiger partial charge in [0.25, 0.3) is 0 Å². The second-order valence-corrected chi connectivity index (χ2v) is 4.65. The number of ether oxygens (including phenoxy) is 2. The zero-order valence-corrected chi connectivity index (χ0v) is 12.6. The zero-order valence-electron chi connectivity index (χ0n) is 12.6. The van der Waals surface area contributed by atoms with Crippen molar-refractivity contribution in [2.45, 2.75) is 39.7 Å². The van der Waals surface area contributed by atoms with Crippen molar-refractivity contribution in [2.24, 2.45) is 0 Å². The number of allylic oxidation sites excluding steroid dienone is 1. The molecule has 1 aromatic rings. The van der Waals surface area contributed by atoms with Crippen LogP contribution in [0.1, 0.15) is 38.7 Å². The lowest BCUT2D eigenvalue weighted by atomic mass is 10.2. The Morgan fingerprint density at radius 2 is 1.86 bits per heavy atom. The number of hydrogen-bond acceptors (Lipinski definition) is 4. The lowest BCUT2D eigenvalue weighted by Gasteiger charge is -2.05. The molecule has 0 bridgehead atoms. The molecule has 0 saturated carbocycles. The maximum Gasteiger partial charge on any atom is 0.333 e. The van der Waals surface area contributed by atoms with E-state index in [-0.39, 0.29) is 18.5 Å². The third-order valence-corrected chi connectivity index (χ3v) is 2.88. The maximum absolute atomic E-state index is 11.8. The van der Waals surface area contributed by atoms with Gasteiger partial charge >= 0.3 is 11.9 Å². The lowest BCUT2D eigenvalue weighted by molar-refractivity contribution is -0.143. The summed E-state index contributed by atoms with van der Waals surface area (Å²) >= 11 is 0. The normalized spacial score (nSPS) is 11.0.